The predicted octanol–water partition coefficient (Wildman–Crippen LogP) is 3.02. The lowest BCUT2D eigenvalue weighted by Crippen LogP contribution is -2.20. The average molecular weight is 257 g/mol. The van der Waals surface area contributed by atoms with Crippen molar-refractivity contribution in [3.05, 3.63) is 36.2 Å². The highest BCUT2D eigenvalue weighted by Crippen LogP contribution is 2.23. The molecule has 0 spiro atoms. The van der Waals surface area contributed by atoms with Crippen molar-refractivity contribution in [2.75, 3.05) is 6.54 Å². The highest BCUT2D eigenvalue weighted by molar-refractivity contribution is 5.51. The van der Waals surface area contributed by atoms with Gasteiger partial charge in [-0.05, 0) is 37.4 Å². The summed E-state index contributed by atoms with van der Waals surface area (Å²) in [7, 11) is 0. The van der Waals surface area contributed by atoms with Crippen molar-refractivity contribution >= 4 is 0 Å². The highest BCUT2D eigenvalue weighted by atomic mass is 16.4. The Kier molecular flexibility index (Phi) is 3.89. The zero-order valence-corrected chi connectivity index (χ0v) is 11.0. The zero-order valence-electron chi connectivity index (χ0n) is 11.0. The molecule has 1 N–H and O–H groups in total. The Bertz CT molecular complexity index is 503. The summed E-state index contributed by atoms with van der Waals surface area (Å²) in [5.41, 5.74) is 0.969. The molecule has 0 bridgehead atoms. The van der Waals surface area contributed by atoms with E-state index < -0.39 is 0 Å². The summed E-state index contributed by atoms with van der Waals surface area (Å²) >= 11 is 0. The summed E-state index contributed by atoms with van der Waals surface area (Å²) in [6.07, 6.45) is 5.47. The third-order valence-electron chi connectivity index (χ3n) is 3.67. The molecule has 3 rings (SSSR count). The maximum Gasteiger partial charge on any atom is 0.247 e. The molecule has 1 saturated carbocycles. The minimum atomic E-state index is 0.596. The summed E-state index contributed by atoms with van der Waals surface area (Å²) in [5, 5.41) is 11.6. The summed E-state index contributed by atoms with van der Waals surface area (Å²) in [6, 6.07) is 9.87. The first-order valence-electron chi connectivity index (χ1n) is 7.00. The van der Waals surface area contributed by atoms with Crippen molar-refractivity contribution < 1.29 is 4.42 Å². The van der Waals surface area contributed by atoms with Gasteiger partial charge in [0.25, 0.3) is 0 Å². The van der Waals surface area contributed by atoms with Crippen LogP contribution in [0.15, 0.2) is 34.7 Å². The normalized spacial score (nSPS) is 16.0. The van der Waals surface area contributed by atoms with Gasteiger partial charge in [-0.25, -0.2) is 0 Å². The maximum atomic E-state index is 5.65. The van der Waals surface area contributed by atoms with Crippen molar-refractivity contribution in [3.63, 3.8) is 0 Å². The van der Waals surface area contributed by atoms with Crippen LogP contribution in [0.5, 0.6) is 0 Å². The van der Waals surface area contributed by atoms with Gasteiger partial charge < -0.3 is 9.73 Å². The molecule has 4 nitrogen and oxygen atoms in total. The van der Waals surface area contributed by atoms with Gasteiger partial charge in [-0.15, -0.1) is 10.2 Å². The fourth-order valence-corrected chi connectivity index (χ4v) is 2.62. The molecule has 2 aromatic rings. The number of nitrogens with one attached hydrogen (secondary N) is 1. The first kappa shape index (κ1) is 12.4. The molecule has 0 saturated heterocycles. The number of benzene rings is 1. The lowest BCUT2D eigenvalue weighted by Gasteiger charge is -2.08. The van der Waals surface area contributed by atoms with E-state index in [1.54, 1.807) is 0 Å². The molecule has 4 heteroatoms. The van der Waals surface area contributed by atoms with E-state index in [-0.39, 0.29) is 0 Å². The molecule has 0 unspecified atom stereocenters. The van der Waals surface area contributed by atoms with E-state index in [0.717, 1.165) is 18.0 Å². The topological polar surface area (TPSA) is 51.0 Å². The number of hydrogen-bond donors (Lipinski definition) is 1. The molecule has 0 amide bonds. The van der Waals surface area contributed by atoms with Gasteiger partial charge in [-0.3, -0.25) is 0 Å². The van der Waals surface area contributed by atoms with Gasteiger partial charge in [-0.2, -0.15) is 0 Å². The van der Waals surface area contributed by atoms with E-state index in [4.69, 9.17) is 4.42 Å². The molecule has 1 aliphatic rings. The van der Waals surface area contributed by atoms with Crippen molar-refractivity contribution in [3.8, 4) is 11.5 Å². The van der Waals surface area contributed by atoms with Gasteiger partial charge in [0, 0.05) is 5.56 Å². The van der Waals surface area contributed by atoms with E-state index in [1.807, 2.05) is 30.3 Å². The Labute approximate surface area is 113 Å². The minimum Gasteiger partial charge on any atom is -0.419 e. The Morgan fingerprint density at radius 2 is 1.89 bits per heavy atom. The van der Waals surface area contributed by atoms with Crippen molar-refractivity contribution in [1.29, 1.82) is 0 Å². The third kappa shape index (κ3) is 3.20. The summed E-state index contributed by atoms with van der Waals surface area (Å²) in [5.74, 6) is 2.09. The zero-order chi connectivity index (χ0) is 12.9. The molecule has 1 aromatic heterocycles. The molecule has 19 heavy (non-hydrogen) atoms. The maximum absolute atomic E-state index is 5.65. The highest BCUT2D eigenvalue weighted by Gasteiger charge is 2.14. The van der Waals surface area contributed by atoms with Crippen LogP contribution in [-0.4, -0.2) is 16.7 Å². The minimum absolute atomic E-state index is 0.596. The second-order valence-electron chi connectivity index (χ2n) is 5.15. The standard InChI is InChI=1S/C15H19N3O/c1-2-8-13(9-3-1)15-18-17-14(19-15)11-16-10-12-6-4-5-7-12/h1-3,8-9,12,16H,4-7,10-11H2. The summed E-state index contributed by atoms with van der Waals surface area (Å²) in [6.45, 7) is 1.72. The largest absolute Gasteiger partial charge is 0.419 e. The molecular formula is C15H19N3O. The monoisotopic (exact) mass is 257 g/mol. The summed E-state index contributed by atoms with van der Waals surface area (Å²) in [4.78, 5) is 0. The van der Waals surface area contributed by atoms with Crippen LogP contribution in [0.25, 0.3) is 11.5 Å². The smallest absolute Gasteiger partial charge is 0.247 e. The molecule has 0 aliphatic heterocycles. The fraction of sp³-hybridized carbons (Fsp3) is 0.467. The van der Waals surface area contributed by atoms with Gasteiger partial charge in [0.15, 0.2) is 0 Å². The molecule has 1 aliphatic carbocycles. The van der Waals surface area contributed by atoms with E-state index in [0.29, 0.717) is 18.3 Å². The van der Waals surface area contributed by atoms with E-state index in [9.17, 15) is 0 Å². The molecule has 0 atom stereocenters. The SMILES string of the molecule is c1ccc(-c2nnc(CNCC3CCCC3)o2)cc1. The van der Waals surface area contributed by atoms with Gasteiger partial charge in [-0.1, -0.05) is 31.0 Å². The fourth-order valence-electron chi connectivity index (χ4n) is 2.62. The number of rotatable bonds is 5. The van der Waals surface area contributed by atoms with E-state index in [1.165, 1.54) is 25.7 Å². The summed E-state index contributed by atoms with van der Waals surface area (Å²) < 4.78 is 5.65. The van der Waals surface area contributed by atoms with Gasteiger partial charge in [0.2, 0.25) is 11.8 Å². The van der Waals surface area contributed by atoms with Crippen LogP contribution in [-0.2, 0) is 6.54 Å². The van der Waals surface area contributed by atoms with Crippen molar-refractivity contribution in [2.45, 2.75) is 32.2 Å². The van der Waals surface area contributed by atoms with Crippen LogP contribution < -0.4 is 5.32 Å². The van der Waals surface area contributed by atoms with Crippen LogP contribution in [0, 0.1) is 5.92 Å². The lowest BCUT2D eigenvalue weighted by molar-refractivity contribution is 0.439. The second kappa shape index (κ2) is 5.97. The first-order chi connectivity index (χ1) is 9.42. The number of aromatic nitrogens is 2. The second-order valence-corrected chi connectivity index (χ2v) is 5.15. The molecule has 0 radical (unpaired) electrons. The van der Waals surface area contributed by atoms with Crippen molar-refractivity contribution in [2.24, 2.45) is 5.92 Å². The molecular weight excluding hydrogens is 238 g/mol. The van der Waals surface area contributed by atoms with E-state index in [2.05, 4.69) is 15.5 Å². The number of nitrogens with zero attached hydrogens (tertiary/aromatic N) is 2. The Morgan fingerprint density at radius 3 is 2.68 bits per heavy atom. The number of hydrogen-bond acceptors (Lipinski definition) is 4. The Morgan fingerprint density at radius 1 is 1.11 bits per heavy atom. The van der Waals surface area contributed by atoms with Crippen LogP contribution in [0.2, 0.25) is 0 Å². The quantitative estimate of drug-likeness (QED) is 0.894. The molecule has 1 heterocycles. The first-order valence-corrected chi connectivity index (χ1v) is 7.00. The average Bonchev–Trinajstić information content (AvgIpc) is 3.11. The predicted molar refractivity (Wildman–Crippen MR) is 73.4 cm³/mol. The third-order valence-corrected chi connectivity index (χ3v) is 3.67. The molecule has 1 fully saturated rings. The van der Waals surface area contributed by atoms with E-state index >= 15 is 0 Å². The van der Waals surface area contributed by atoms with Gasteiger partial charge >= 0.3 is 0 Å². The van der Waals surface area contributed by atoms with Crippen LogP contribution >= 0.6 is 0 Å². The van der Waals surface area contributed by atoms with Crippen LogP contribution in [0.3, 0.4) is 0 Å². The Hall–Kier alpha value is -1.68. The van der Waals surface area contributed by atoms with Crippen molar-refractivity contribution in [1.82, 2.24) is 15.5 Å². The molecule has 1 aromatic carbocycles. The van der Waals surface area contributed by atoms with Crippen LogP contribution in [0.4, 0.5) is 0 Å². The van der Waals surface area contributed by atoms with Gasteiger partial charge in [0.1, 0.15) is 0 Å². The van der Waals surface area contributed by atoms with Crippen LogP contribution in [0.1, 0.15) is 31.6 Å². The van der Waals surface area contributed by atoms with Gasteiger partial charge in [0.05, 0.1) is 6.54 Å². The molecule has 100 valence electrons. The Balaban J connectivity index is 1.53. The lowest BCUT2D eigenvalue weighted by atomic mass is 10.1.